The molecule has 0 saturated carbocycles. The Bertz CT molecular complexity index is 1240. The summed E-state index contributed by atoms with van der Waals surface area (Å²) in [6.45, 7) is 0.659. The fourth-order valence-corrected chi connectivity index (χ4v) is 5.38. The number of fused-ring (bicyclic) bond motifs is 1. The second kappa shape index (κ2) is 8.11. The van der Waals surface area contributed by atoms with Crippen molar-refractivity contribution < 1.29 is 14.0 Å². The van der Waals surface area contributed by atoms with Crippen LogP contribution in [0, 0.1) is 0 Å². The molecule has 2 amide bonds. The van der Waals surface area contributed by atoms with Gasteiger partial charge in [-0.1, -0.05) is 70.2 Å². The quantitative estimate of drug-likeness (QED) is 0.349. The molecule has 5 nitrogen and oxygen atoms in total. The summed E-state index contributed by atoms with van der Waals surface area (Å²) in [7, 11) is 0. The number of furan rings is 1. The number of hydrogen-bond donors (Lipinski definition) is 0. The number of carbonyl (C=O) groups excluding carboxylic acids is 2. The van der Waals surface area contributed by atoms with Gasteiger partial charge in [0.25, 0.3) is 11.8 Å². The smallest absolute Gasteiger partial charge is 0.267 e. The second-order valence-corrected chi connectivity index (χ2v) is 9.64. The number of thioether (sulfide) groups is 1. The predicted molar refractivity (Wildman–Crippen MR) is 128 cm³/mol. The zero-order valence-electron chi connectivity index (χ0n) is 16.1. The summed E-state index contributed by atoms with van der Waals surface area (Å²) in [6.07, 6.45) is 1.56. The minimum atomic E-state index is -0.276. The summed E-state index contributed by atoms with van der Waals surface area (Å²) in [6, 6.07) is 19.0. The molecule has 3 heterocycles. The molecule has 154 valence electrons. The normalized spacial score (nSPS) is 18.3. The molecule has 8 heteroatoms. The van der Waals surface area contributed by atoms with Gasteiger partial charge in [-0.15, -0.1) is 0 Å². The summed E-state index contributed by atoms with van der Waals surface area (Å²) < 4.78 is 6.62. The number of benzene rings is 2. The summed E-state index contributed by atoms with van der Waals surface area (Å²) in [4.78, 5) is 30.4. The lowest BCUT2D eigenvalue weighted by molar-refractivity contribution is -0.123. The predicted octanol–water partition coefficient (Wildman–Crippen LogP) is 5.36. The van der Waals surface area contributed by atoms with Crippen LogP contribution in [0.5, 0.6) is 0 Å². The Morgan fingerprint density at radius 1 is 0.935 bits per heavy atom. The van der Waals surface area contributed by atoms with E-state index in [9.17, 15) is 9.59 Å². The van der Waals surface area contributed by atoms with Gasteiger partial charge in [0.2, 0.25) is 0 Å². The molecule has 0 bridgehead atoms. The van der Waals surface area contributed by atoms with Gasteiger partial charge >= 0.3 is 0 Å². The molecule has 0 spiro atoms. The highest BCUT2D eigenvalue weighted by molar-refractivity contribution is 9.10. The van der Waals surface area contributed by atoms with Crippen LogP contribution in [-0.2, 0) is 22.7 Å². The van der Waals surface area contributed by atoms with Crippen molar-refractivity contribution in [2.75, 3.05) is 4.90 Å². The van der Waals surface area contributed by atoms with Gasteiger partial charge in [-0.2, -0.15) is 0 Å². The highest BCUT2D eigenvalue weighted by atomic mass is 79.9. The van der Waals surface area contributed by atoms with Gasteiger partial charge in [-0.25, -0.2) is 0 Å². The minimum Gasteiger partial charge on any atom is -0.467 e. The van der Waals surface area contributed by atoms with E-state index in [-0.39, 0.29) is 18.4 Å². The number of halogens is 1. The lowest BCUT2D eigenvalue weighted by Gasteiger charge is -2.17. The first-order valence-electron chi connectivity index (χ1n) is 9.49. The SMILES string of the molecule is O=C1/C(=C2\C(=O)N(Cc3ccccc3)c3ccc(Br)cc32)SC(=S)N1Cc1ccco1. The average molecular weight is 511 g/mol. The van der Waals surface area contributed by atoms with Crippen molar-refractivity contribution in [3.63, 3.8) is 0 Å². The summed E-state index contributed by atoms with van der Waals surface area (Å²) in [5, 5.41) is 0. The maximum Gasteiger partial charge on any atom is 0.267 e. The van der Waals surface area contributed by atoms with Gasteiger partial charge < -0.3 is 9.32 Å². The zero-order valence-corrected chi connectivity index (χ0v) is 19.3. The fraction of sp³-hybridized carbons (Fsp3) is 0.0870. The van der Waals surface area contributed by atoms with Gasteiger partial charge in [0, 0.05) is 10.0 Å². The summed E-state index contributed by atoms with van der Waals surface area (Å²) >= 11 is 10.1. The van der Waals surface area contributed by atoms with E-state index >= 15 is 0 Å². The van der Waals surface area contributed by atoms with Crippen molar-refractivity contribution in [1.29, 1.82) is 0 Å². The first-order valence-corrected chi connectivity index (χ1v) is 11.5. The molecule has 1 aromatic heterocycles. The van der Waals surface area contributed by atoms with Crippen LogP contribution in [0.4, 0.5) is 5.69 Å². The van der Waals surface area contributed by atoms with Crippen molar-refractivity contribution in [2.45, 2.75) is 13.1 Å². The zero-order chi connectivity index (χ0) is 21.5. The second-order valence-electron chi connectivity index (χ2n) is 7.08. The third-order valence-corrected chi connectivity index (χ3v) is 7.07. The van der Waals surface area contributed by atoms with E-state index in [4.69, 9.17) is 16.6 Å². The van der Waals surface area contributed by atoms with E-state index < -0.39 is 0 Å². The maximum atomic E-state index is 13.5. The summed E-state index contributed by atoms with van der Waals surface area (Å²) in [5.41, 5.74) is 2.92. The van der Waals surface area contributed by atoms with Crippen molar-refractivity contribution in [3.05, 3.63) is 93.2 Å². The molecule has 2 aliphatic rings. The molecule has 31 heavy (non-hydrogen) atoms. The highest BCUT2D eigenvalue weighted by Crippen LogP contribution is 2.46. The maximum absolute atomic E-state index is 13.5. The summed E-state index contributed by atoms with van der Waals surface area (Å²) in [5.74, 6) is 0.159. The lowest BCUT2D eigenvalue weighted by Crippen LogP contribution is -2.29. The molecule has 0 aliphatic carbocycles. The first-order chi connectivity index (χ1) is 15.0. The standard InChI is InChI=1S/C23H15BrN2O3S2/c24-15-8-9-18-17(11-15)19(21(27)25(18)12-14-5-2-1-3-6-14)20-22(28)26(23(30)31-20)13-16-7-4-10-29-16/h1-11H,12-13H2/b20-19+. The van der Waals surface area contributed by atoms with E-state index in [0.717, 1.165) is 21.3 Å². The number of thiocarbonyl (C=S) groups is 1. The Balaban J connectivity index is 1.56. The number of carbonyl (C=O) groups is 2. The third kappa shape index (κ3) is 3.64. The van der Waals surface area contributed by atoms with Crippen molar-refractivity contribution in [3.8, 4) is 0 Å². The van der Waals surface area contributed by atoms with Crippen LogP contribution in [0.15, 0.2) is 80.7 Å². The van der Waals surface area contributed by atoms with E-state index in [1.54, 1.807) is 23.3 Å². The monoisotopic (exact) mass is 510 g/mol. The third-order valence-electron chi connectivity index (χ3n) is 5.13. The van der Waals surface area contributed by atoms with Crippen LogP contribution >= 0.6 is 39.9 Å². The minimum absolute atomic E-state index is 0.199. The van der Waals surface area contributed by atoms with Crippen LogP contribution in [-0.4, -0.2) is 21.0 Å². The first kappa shape index (κ1) is 20.2. The Morgan fingerprint density at radius 3 is 2.48 bits per heavy atom. The molecule has 3 aromatic rings. The number of nitrogens with zero attached hydrogens (tertiary/aromatic N) is 2. The molecule has 2 aliphatic heterocycles. The van der Waals surface area contributed by atoms with E-state index in [1.165, 1.54) is 16.7 Å². The molecule has 0 atom stereocenters. The molecular weight excluding hydrogens is 496 g/mol. The van der Waals surface area contributed by atoms with Crippen molar-refractivity contribution in [2.24, 2.45) is 0 Å². The Labute approximate surface area is 196 Å². The molecule has 0 N–H and O–H groups in total. The fourth-order valence-electron chi connectivity index (χ4n) is 3.69. The van der Waals surface area contributed by atoms with Crippen LogP contribution in [0.3, 0.4) is 0 Å². The van der Waals surface area contributed by atoms with Crippen molar-refractivity contribution in [1.82, 2.24) is 4.90 Å². The largest absolute Gasteiger partial charge is 0.467 e. The Hall–Kier alpha value is -2.68. The van der Waals surface area contributed by atoms with E-state index in [1.807, 2.05) is 48.5 Å². The van der Waals surface area contributed by atoms with Crippen molar-refractivity contribution >= 4 is 67.3 Å². The lowest BCUT2D eigenvalue weighted by atomic mass is 10.1. The molecular formula is C23H15BrN2O3S2. The molecule has 1 saturated heterocycles. The number of amides is 2. The Morgan fingerprint density at radius 2 is 1.74 bits per heavy atom. The highest BCUT2D eigenvalue weighted by Gasteiger charge is 2.42. The van der Waals surface area contributed by atoms with E-state index in [0.29, 0.717) is 27.1 Å². The molecule has 1 fully saturated rings. The van der Waals surface area contributed by atoms with Crippen LogP contribution < -0.4 is 4.90 Å². The number of rotatable bonds is 4. The molecule has 0 unspecified atom stereocenters. The van der Waals surface area contributed by atoms with Crippen LogP contribution in [0.2, 0.25) is 0 Å². The molecule has 2 aromatic carbocycles. The van der Waals surface area contributed by atoms with Gasteiger partial charge in [-0.05, 0) is 35.9 Å². The number of hydrogen-bond acceptors (Lipinski definition) is 5. The number of anilines is 1. The average Bonchev–Trinajstić information content (AvgIpc) is 3.44. The van der Waals surface area contributed by atoms with E-state index in [2.05, 4.69) is 15.9 Å². The van der Waals surface area contributed by atoms with Gasteiger partial charge in [0.05, 0.1) is 35.5 Å². The Kier molecular flexibility index (Phi) is 5.29. The van der Waals surface area contributed by atoms with Crippen LogP contribution in [0.1, 0.15) is 16.9 Å². The topological polar surface area (TPSA) is 53.8 Å². The van der Waals surface area contributed by atoms with Crippen LogP contribution in [0.25, 0.3) is 5.57 Å². The van der Waals surface area contributed by atoms with Gasteiger partial charge in [0.15, 0.2) is 0 Å². The van der Waals surface area contributed by atoms with Gasteiger partial charge in [-0.3, -0.25) is 14.5 Å². The van der Waals surface area contributed by atoms with Gasteiger partial charge in [0.1, 0.15) is 10.1 Å². The molecule has 0 radical (unpaired) electrons. The molecule has 5 rings (SSSR count).